The van der Waals surface area contributed by atoms with Crippen molar-refractivity contribution in [2.45, 2.75) is 71.6 Å². The lowest BCUT2D eigenvalue weighted by Crippen LogP contribution is -2.48. The summed E-state index contributed by atoms with van der Waals surface area (Å²) in [6.45, 7) is 11.1. The smallest absolute Gasteiger partial charge is 0.162 e. The van der Waals surface area contributed by atoms with Crippen LogP contribution in [0, 0.1) is 5.92 Å². The van der Waals surface area contributed by atoms with Crippen LogP contribution in [0.25, 0.3) is 0 Å². The lowest BCUT2D eigenvalue weighted by Gasteiger charge is -2.35. The molecule has 0 spiro atoms. The molecule has 0 aromatic rings. The van der Waals surface area contributed by atoms with Gasteiger partial charge in [-0.3, -0.25) is 0 Å². The van der Waals surface area contributed by atoms with Gasteiger partial charge in [-0.05, 0) is 32.7 Å². The first kappa shape index (κ1) is 15.9. The molecular weight excluding hydrogens is 226 g/mol. The van der Waals surface area contributed by atoms with E-state index in [1.165, 1.54) is 32.1 Å². The summed E-state index contributed by atoms with van der Waals surface area (Å²) in [5, 5.41) is 3.51. The standard InChI is InChI=1S/C15H31NO2/c1-13(2)9-7-5-6-8-10-16-14-11-17-15(3,4)18-12-14/h13-14,16H,5-12H2,1-4H3. The molecule has 0 aromatic heterocycles. The Morgan fingerprint density at radius 3 is 2.28 bits per heavy atom. The molecule has 108 valence electrons. The van der Waals surface area contributed by atoms with E-state index in [1.807, 2.05) is 13.8 Å². The first-order valence-corrected chi connectivity index (χ1v) is 7.51. The second-order valence-electron chi connectivity index (χ2n) is 6.27. The Balaban J connectivity index is 1.90. The highest BCUT2D eigenvalue weighted by Crippen LogP contribution is 2.16. The molecule has 0 saturated carbocycles. The molecule has 0 unspecified atom stereocenters. The summed E-state index contributed by atoms with van der Waals surface area (Å²) in [7, 11) is 0. The predicted molar refractivity (Wildman–Crippen MR) is 75.7 cm³/mol. The second-order valence-corrected chi connectivity index (χ2v) is 6.27. The second kappa shape index (κ2) is 8.13. The van der Waals surface area contributed by atoms with Crippen LogP contribution in [0.5, 0.6) is 0 Å². The van der Waals surface area contributed by atoms with Gasteiger partial charge >= 0.3 is 0 Å². The number of rotatable bonds is 8. The molecule has 1 aliphatic rings. The summed E-state index contributed by atoms with van der Waals surface area (Å²) in [5.74, 6) is 0.456. The van der Waals surface area contributed by atoms with Crippen molar-refractivity contribution in [3.05, 3.63) is 0 Å². The van der Waals surface area contributed by atoms with Crippen molar-refractivity contribution in [2.24, 2.45) is 5.92 Å². The van der Waals surface area contributed by atoms with Crippen molar-refractivity contribution < 1.29 is 9.47 Å². The van der Waals surface area contributed by atoms with Crippen molar-refractivity contribution in [3.63, 3.8) is 0 Å². The lowest BCUT2D eigenvalue weighted by atomic mass is 10.0. The molecule has 1 rings (SSSR count). The van der Waals surface area contributed by atoms with Crippen LogP contribution < -0.4 is 5.32 Å². The van der Waals surface area contributed by atoms with Crippen LogP contribution in [0.1, 0.15) is 59.8 Å². The van der Waals surface area contributed by atoms with E-state index < -0.39 is 5.79 Å². The van der Waals surface area contributed by atoms with E-state index in [2.05, 4.69) is 19.2 Å². The van der Waals surface area contributed by atoms with Crippen molar-refractivity contribution in [2.75, 3.05) is 19.8 Å². The third-order valence-electron chi connectivity index (χ3n) is 3.41. The summed E-state index contributed by atoms with van der Waals surface area (Å²) in [6, 6.07) is 0.369. The molecule has 0 bridgehead atoms. The summed E-state index contributed by atoms with van der Waals surface area (Å²) in [6.07, 6.45) is 6.70. The number of hydrogen-bond acceptors (Lipinski definition) is 3. The van der Waals surface area contributed by atoms with Gasteiger partial charge < -0.3 is 14.8 Å². The maximum Gasteiger partial charge on any atom is 0.162 e. The Morgan fingerprint density at radius 2 is 1.67 bits per heavy atom. The minimum absolute atomic E-state index is 0.369. The van der Waals surface area contributed by atoms with Crippen LogP contribution in [0.2, 0.25) is 0 Å². The average molecular weight is 257 g/mol. The zero-order valence-electron chi connectivity index (χ0n) is 12.6. The Hall–Kier alpha value is -0.120. The number of hydrogen-bond donors (Lipinski definition) is 1. The van der Waals surface area contributed by atoms with Crippen molar-refractivity contribution in [1.82, 2.24) is 5.32 Å². The van der Waals surface area contributed by atoms with Gasteiger partial charge in [-0.15, -0.1) is 0 Å². The molecule has 3 nitrogen and oxygen atoms in total. The molecule has 18 heavy (non-hydrogen) atoms. The van der Waals surface area contributed by atoms with Crippen LogP contribution in [0.3, 0.4) is 0 Å². The third-order valence-corrected chi connectivity index (χ3v) is 3.41. The van der Waals surface area contributed by atoms with Gasteiger partial charge in [0.1, 0.15) is 0 Å². The minimum Gasteiger partial charge on any atom is -0.349 e. The van der Waals surface area contributed by atoms with Crippen LogP contribution in [0.4, 0.5) is 0 Å². The molecule has 1 saturated heterocycles. The Bertz CT molecular complexity index is 207. The molecule has 0 amide bonds. The van der Waals surface area contributed by atoms with Gasteiger partial charge in [0, 0.05) is 0 Å². The summed E-state index contributed by atoms with van der Waals surface area (Å²) < 4.78 is 11.2. The fourth-order valence-corrected chi connectivity index (χ4v) is 2.15. The maximum atomic E-state index is 5.62. The lowest BCUT2D eigenvalue weighted by molar-refractivity contribution is -0.252. The summed E-state index contributed by atoms with van der Waals surface area (Å²) >= 11 is 0. The highest BCUT2D eigenvalue weighted by molar-refractivity contribution is 4.72. The van der Waals surface area contributed by atoms with Crippen LogP contribution in [0.15, 0.2) is 0 Å². The predicted octanol–water partition coefficient (Wildman–Crippen LogP) is 3.33. The van der Waals surface area contributed by atoms with E-state index in [0.717, 1.165) is 25.7 Å². The van der Waals surface area contributed by atoms with Gasteiger partial charge in [-0.25, -0.2) is 0 Å². The van der Waals surface area contributed by atoms with Crippen LogP contribution in [-0.2, 0) is 9.47 Å². The topological polar surface area (TPSA) is 30.5 Å². The van der Waals surface area contributed by atoms with Gasteiger partial charge in [-0.2, -0.15) is 0 Å². The van der Waals surface area contributed by atoms with Crippen molar-refractivity contribution >= 4 is 0 Å². The molecule has 0 aromatic carbocycles. The van der Waals surface area contributed by atoms with Crippen molar-refractivity contribution in [1.29, 1.82) is 0 Å². The van der Waals surface area contributed by atoms with E-state index in [0.29, 0.717) is 6.04 Å². The quantitative estimate of drug-likeness (QED) is 0.677. The number of nitrogens with one attached hydrogen (secondary N) is 1. The largest absolute Gasteiger partial charge is 0.349 e. The molecule has 3 heteroatoms. The van der Waals surface area contributed by atoms with Gasteiger partial charge in [0.25, 0.3) is 0 Å². The maximum absolute atomic E-state index is 5.62. The molecule has 1 aliphatic heterocycles. The number of ether oxygens (including phenoxy) is 2. The van der Waals surface area contributed by atoms with Gasteiger partial charge in [-0.1, -0.05) is 39.5 Å². The highest BCUT2D eigenvalue weighted by Gasteiger charge is 2.27. The zero-order valence-corrected chi connectivity index (χ0v) is 12.6. The molecule has 0 aliphatic carbocycles. The molecule has 0 atom stereocenters. The van der Waals surface area contributed by atoms with Crippen LogP contribution in [-0.4, -0.2) is 31.6 Å². The molecule has 0 radical (unpaired) electrons. The van der Waals surface area contributed by atoms with E-state index in [1.54, 1.807) is 0 Å². The number of unbranched alkanes of at least 4 members (excludes halogenated alkanes) is 3. The summed E-state index contributed by atoms with van der Waals surface area (Å²) in [5.41, 5.74) is 0. The van der Waals surface area contributed by atoms with Crippen molar-refractivity contribution in [3.8, 4) is 0 Å². The van der Waals surface area contributed by atoms with E-state index in [-0.39, 0.29) is 0 Å². The normalized spacial score (nSPS) is 20.5. The van der Waals surface area contributed by atoms with Gasteiger partial charge in [0.2, 0.25) is 0 Å². The Labute approximate surface area is 113 Å². The Kier molecular flexibility index (Phi) is 7.20. The first-order chi connectivity index (χ1) is 8.49. The third kappa shape index (κ3) is 7.34. The molecule has 1 N–H and O–H groups in total. The van der Waals surface area contributed by atoms with Crippen LogP contribution >= 0.6 is 0 Å². The monoisotopic (exact) mass is 257 g/mol. The van der Waals surface area contributed by atoms with Gasteiger partial charge in [0.05, 0.1) is 19.3 Å². The van der Waals surface area contributed by atoms with E-state index >= 15 is 0 Å². The first-order valence-electron chi connectivity index (χ1n) is 7.51. The SMILES string of the molecule is CC(C)CCCCCCNC1COC(C)(C)OC1. The fourth-order valence-electron chi connectivity index (χ4n) is 2.15. The molecule has 1 heterocycles. The highest BCUT2D eigenvalue weighted by atomic mass is 16.7. The van der Waals surface area contributed by atoms with E-state index in [9.17, 15) is 0 Å². The minimum atomic E-state index is -0.394. The zero-order chi connectivity index (χ0) is 13.4. The summed E-state index contributed by atoms with van der Waals surface area (Å²) in [4.78, 5) is 0. The fraction of sp³-hybridized carbons (Fsp3) is 1.00. The average Bonchev–Trinajstić information content (AvgIpc) is 2.29. The molecular formula is C15H31NO2. The molecule has 1 fully saturated rings. The Morgan fingerprint density at radius 1 is 1.06 bits per heavy atom. The van der Waals surface area contributed by atoms with E-state index in [4.69, 9.17) is 9.47 Å². The van der Waals surface area contributed by atoms with Gasteiger partial charge in [0.15, 0.2) is 5.79 Å².